The van der Waals surface area contributed by atoms with E-state index in [-0.39, 0.29) is 17.8 Å². The Kier molecular flexibility index (Phi) is 3.79. The van der Waals surface area contributed by atoms with Crippen LogP contribution >= 0.6 is 0 Å². The summed E-state index contributed by atoms with van der Waals surface area (Å²) in [5.74, 6) is 0.966. The first-order valence-corrected chi connectivity index (χ1v) is 8.09. The molecular weight excluding hydrogens is 323 g/mol. The van der Waals surface area contributed by atoms with Gasteiger partial charge in [-0.15, -0.1) is 14.8 Å². The number of halogens is 1. The molecule has 1 saturated heterocycles. The second-order valence-corrected chi connectivity index (χ2v) is 6.10. The number of hydrogen-bond donors (Lipinski definition) is 1. The van der Waals surface area contributed by atoms with E-state index >= 15 is 0 Å². The highest BCUT2D eigenvalue weighted by atomic mass is 19.1. The Bertz CT molecular complexity index is 923. The van der Waals surface area contributed by atoms with Crippen molar-refractivity contribution in [1.82, 2.24) is 24.7 Å². The van der Waals surface area contributed by atoms with E-state index in [2.05, 4.69) is 20.5 Å². The molecule has 0 spiro atoms. The Morgan fingerprint density at radius 3 is 2.80 bits per heavy atom. The zero-order chi connectivity index (χ0) is 17.4. The fraction of sp³-hybridized carbons (Fsp3) is 0.294. The summed E-state index contributed by atoms with van der Waals surface area (Å²) < 4.78 is 14.4. The van der Waals surface area contributed by atoms with Gasteiger partial charge < -0.3 is 10.2 Å². The smallest absolute Gasteiger partial charge is 0.245 e. The molecule has 0 unspecified atom stereocenters. The lowest BCUT2D eigenvalue weighted by Crippen LogP contribution is -2.33. The van der Waals surface area contributed by atoms with Crippen molar-refractivity contribution < 1.29 is 9.18 Å². The molecule has 0 radical (unpaired) electrons. The van der Waals surface area contributed by atoms with E-state index in [0.717, 1.165) is 5.56 Å². The fourth-order valence-electron chi connectivity index (χ4n) is 2.98. The second kappa shape index (κ2) is 6.12. The Balaban J connectivity index is 1.44. The maximum Gasteiger partial charge on any atom is 0.245 e. The Morgan fingerprint density at radius 1 is 1.20 bits per heavy atom. The minimum atomic E-state index is -0.324. The normalized spacial score (nSPS) is 17.4. The lowest BCUT2D eigenvalue weighted by molar-refractivity contribution is -0.128. The zero-order valence-corrected chi connectivity index (χ0v) is 13.7. The Labute approximate surface area is 143 Å². The lowest BCUT2D eigenvalue weighted by Gasteiger charge is -2.17. The van der Waals surface area contributed by atoms with Crippen LogP contribution in [0.1, 0.15) is 17.8 Å². The number of fused-ring (bicyclic) bond motifs is 1. The Hall–Kier alpha value is -3.03. The summed E-state index contributed by atoms with van der Waals surface area (Å²) in [5, 5.41) is 11.7. The van der Waals surface area contributed by atoms with Gasteiger partial charge >= 0.3 is 0 Å². The fourth-order valence-corrected chi connectivity index (χ4v) is 2.98. The predicted molar refractivity (Wildman–Crippen MR) is 89.4 cm³/mol. The number of benzene rings is 1. The van der Waals surface area contributed by atoms with Crippen LogP contribution in [0.3, 0.4) is 0 Å². The van der Waals surface area contributed by atoms with Crippen LogP contribution in [0.2, 0.25) is 0 Å². The molecule has 1 atom stereocenters. The summed E-state index contributed by atoms with van der Waals surface area (Å²) in [6.07, 6.45) is 0.691. The molecule has 1 aliphatic heterocycles. The van der Waals surface area contributed by atoms with E-state index in [0.29, 0.717) is 36.8 Å². The molecule has 4 rings (SSSR count). The van der Waals surface area contributed by atoms with Gasteiger partial charge in [0.15, 0.2) is 5.65 Å². The second-order valence-electron chi connectivity index (χ2n) is 6.10. The molecule has 3 heterocycles. The minimum absolute atomic E-state index is 0.0148. The van der Waals surface area contributed by atoms with Crippen LogP contribution in [-0.4, -0.2) is 43.2 Å². The largest absolute Gasteiger partial charge is 0.357 e. The summed E-state index contributed by atoms with van der Waals surface area (Å²) in [4.78, 5) is 18.6. The molecule has 25 heavy (non-hydrogen) atoms. The number of nitrogens with zero attached hydrogens (tertiary/aromatic N) is 5. The molecule has 3 aromatic rings. The van der Waals surface area contributed by atoms with Gasteiger partial charge in [0.05, 0.1) is 0 Å². The number of nitrogens with one attached hydrogen (secondary N) is 1. The van der Waals surface area contributed by atoms with Crippen molar-refractivity contribution in [3.05, 3.63) is 53.6 Å². The van der Waals surface area contributed by atoms with E-state index in [1.807, 2.05) is 6.07 Å². The van der Waals surface area contributed by atoms with Crippen molar-refractivity contribution in [3.8, 4) is 0 Å². The molecule has 8 heteroatoms. The van der Waals surface area contributed by atoms with Gasteiger partial charge in [-0.1, -0.05) is 12.1 Å². The molecule has 2 aromatic heterocycles. The van der Waals surface area contributed by atoms with Crippen LogP contribution in [0.4, 0.5) is 10.2 Å². The van der Waals surface area contributed by atoms with E-state index in [1.54, 1.807) is 30.0 Å². The van der Waals surface area contributed by atoms with Crippen molar-refractivity contribution in [3.63, 3.8) is 0 Å². The van der Waals surface area contributed by atoms with Crippen molar-refractivity contribution in [2.75, 3.05) is 11.9 Å². The van der Waals surface area contributed by atoms with Gasteiger partial charge in [-0.2, -0.15) is 0 Å². The third-order valence-electron chi connectivity index (χ3n) is 4.22. The van der Waals surface area contributed by atoms with Crippen LogP contribution in [0, 0.1) is 12.7 Å². The molecule has 0 bridgehead atoms. The molecule has 7 nitrogen and oxygen atoms in total. The van der Waals surface area contributed by atoms with Gasteiger partial charge in [0, 0.05) is 13.1 Å². The van der Waals surface area contributed by atoms with Crippen molar-refractivity contribution >= 4 is 17.4 Å². The summed E-state index contributed by atoms with van der Waals surface area (Å²) in [6.45, 7) is 2.93. The third-order valence-corrected chi connectivity index (χ3v) is 4.22. The summed E-state index contributed by atoms with van der Waals surface area (Å²) in [7, 11) is 0. The van der Waals surface area contributed by atoms with Crippen molar-refractivity contribution in [1.29, 1.82) is 0 Å². The van der Waals surface area contributed by atoms with Crippen LogP contribution in [0.15, 0.2) is 36.4 Å². The summed E-state index contributed by atoms with van der Waals surface area (Å²) in [5.41, 5.74) is 1.58. The van der Waals surface area contributed by atoms with E-state index in [1.165, 1.54) is 16.8 Å². The van der Waals surface area contributed by atoms with E-state index in [4.69, 9.17) is 0 Å². The number of hydrogen-bond acceptors (Lipinski definition) is 5. The highest BCUT2D eigenvalue weighted by Crippen LogP contribution is 2.19. The monoisotopic (exact) mass is 340 g/mol. The topological polar surface area (TPSA) is 75.4 Å². The summed E-state index contributed by atoms with van der Waals surface area (Å²) >= 11 is 0. The first-order valence-electron chi connectivity index (χ1n) is 8.09. The highest BCUT2D eigenvalue weighted by molar-refractivity contribution is 5.86. The predicted octanol–water partition coefficient (Wildman–Crippen LogP) is 1.78. The molecule has 1 aliphatic rings. The molecule has 128 valence electrons. The van der Waals surface area contributed by atoms with Gasteiger partial charge in [-0.3, -0.25) is 4.79 Å². The lowest BCUT2D eigenvalue weighted by atomic mass is 10.2. The standard InChI is InChI=1S/C17H17FN6O/c1-11-19-16-7-6-15(22-24(16)21-11)20-14-8-9-23(17(14)25)10-12-2-4-13(18)5-3-12/h2-7,14H,8-10H2,1H3,(H,20,22)/t14-/m1/s1. The first-order chi connectivity index (χ1) is 12.1. The van der Waals surface area contributed by atoms with Crippen LogP contribution in [-0.2, 0) is 11.3 Å². The molecular formula is C17H17FN6O. The maximum absolute atomic E-state index is 13.0. The van der Waals surface area contributed by atoms with E-state index < -0.39 is 0 Å². The number of rotatable bonds is 4. The number of carbonyl (C=O) groups is 1. The number of amides is 1. The van der Waals surface area contributed by atoms with Gasteiger partial charge in [0.1, 0.15) is 23.5 Å². The SMILES string of the molecule is Cc1nc2ccc(N[C@@H]3CCN(Cc4ccc(F)cc4)C3=O)nn2n1. The average molecular weight is 340 g/mol. The van der Waals surface area contributed by atoms with Crippen LogP contribution < -0.4 is 5.32 Å². The number of aromatic nitrogens is 4. The first kappa shape index (κ1) is 15.5. The summed E-state index contributed by atoms with van der Waals surface area (Å²) in [6, 6.07) is 9.49. The number of likely N-dealkylation sites (tertiary alicyclic amines) is 1. The molecule has 1 N–H and O–H groups in total. The average Bonchev–Trinajstić information content (AvgIpc) is 3.12. The van der Waals surface area contributed by atoms with Crippen molar-refractivity contribution in [2.24, 2.45) is 0 Å². The maximum atomic E-state index is 13.0. The van der Waals surface area contributed by atoms with Crippen LogP contribution in [0.5, 0.6) is 0 Å². The van der Waals surface area contributed by atoms with Gasteiger partial charge in [0.25, 0.3) is 0 Å². The number of aryl methyl sites for hydroxylation is 1. The molecule has 0 aliphatic carbocycles. The van der Waals surface area contributed by atoms with Gasteiger partial charge in [-0.05, 0) is 43.2 Å². The molecule has 0 saturated carbocycles. The van der Waals surface area contributed by atoms with Gasteiger partial charge in [-0.25, -0.2) is 9.37 Å². The number of carbonyl (C=O) groups excluding carboxylic acids is 1. The minimum Gasteiger partial charge on any atom is -0.357 e. The molecule has 1 fully saturated rings. The highest BCUT2D eigenvalue weighted by Gasteiger charge is 2.31. The van der Waals surface area contributed by atoms with Gasteiger partial charge in [0.2, 0.25) is 5.91 Å². The Morgan fingerprint density at radius 2 is 2.00 bits per heavy atom. The quantitative estimate of drug-likeness (QED) is 0.784. The van der Waals surface area contributed by atoms with E-state index in [9.17, 15) is 9.18 Å². The van der Waals surface area contributed by atoms with Crippen molar-refractivity contribution in [2.45, 2.75) is 25.9 Å². The molecule has 1 aromatic carbocycles. The van der Waals surface area contributed by atoms with Crippen LogP contribution in [0.25, 0.3) is 5.65 Å². The zero-order valence-electron chi connectivity index (χ0n) is 13.7. The molecule has 1 amide bonds. The number of anilines is 1. The third kappa shape index (κ3) is 3.15.